The van der Waals surface area contributed by atoms with Crippen LogP contribution >= 0.6 is 0 Å². The van der Waals surface area contributed by atoms with E-state index in [1.54, 1.807) is 7.11 Å². The van der Waals surface area contributed by atoms with Gasteiger partial charge in [0, 0.05) is 51.0 Å². The maximum Gasteiger partial charge on any atom is 0.209 e. The molecule has 0 unspecified atom stereocenters. The number of oxazole rings is 1. The predicted molar refractivity (Wildman–Crippen MR) is 111 cm³/mol. The van der Waals surface area contributed by atoms with E-state index in [9.17, 15) is 0 Å². The number of methoxy groups -OCH3 is 1. The summed E-state index contributed by atoms with van der Waals surface area (Å²) in [6, 6.07) is 20.5. The molecule has 0 saturated carbocycles. The Labute approximate surface area is 166 Å². The molecule has 3 aromatic rings. The lowest BCUT2D eigenvalue weighted by Crippen LogP contribution is -2.46. The Morgan fingerprint density at radius 2 is 1.46 bits per heavy atom. The number of nitrogens with zero attached hydrogens (tertiary/aromatic N) is 3. The third-order valence-electron chi connectivity index (χ3n) is 5.19. The molecule has 5 nitrogen and oxygen atoms in total. The first-order valence-electron chi connectivity index (χ1n) is 9.87. The van der Waals surface area contributed by atoms with Gasteiger partial charge >= 0.3 is 0 Å². The fourth-order valence-electron chi connectivity index (χ4n) is 3.59. The molecule has 2 aromatic carbocycles. The molecule has 146 valence electrons. The summed E-state index contributed by atoms with van der Waals surface area (Å²) < 4.78 is 11.5. The van der Waals surface area contributed by atoms with E-state index in [0.29, 0.717) is 0 Å². The third kappa shape index (κ3) is 4.50. The maximum absolute atomic E-state index is 6.26. The van der Waals surface area contributed by atoms with E-state index in [2.05, 4.69) is 34.1 Å². The number of benzene rings is 2. The van der Waals surface area contributed by atoms with E-state index in [0.717, 1.165) is 74.3 Å². The summed E-state index contributed by atoms with van der Waals surface area (Å²) in [4.78, 5) is 9.74. The molecule has 0 bridgehead atoms. The largest absolute Gasteiger partial charge is 0.439 e. The van der Waals surface area contributed by atoms with Crippen molar-refractivity contribution in [1.29, 1.82) is 0 Å². The second-order valence-corrected chi connectivity index (χ2v) is 7.13. The van der Waals surface area contributed by atoms with Crippen LogP contribution in [-0.4, -0.2) is 61.2 Å². The van der Waals surface area contributed by atoms with E-state index in [1.165, 1.54) is 0 Å². The standard InChI is InChI=1S/C23H27N3O2/c1-27-17-16-25-12-14-26(15-13-25)18-21-24-22(19-8-4-2-5-9-19)23(28-21)20-10-6-3-7-11-20/h2-11H,12-18H2,1H3. The number of ether oxygens (including phenoxy) is 1. The molecule has 1 aliphatic rings. The Balaban J connectivity index is 1.52. The predicted octanol–water partition coefficient (Wildman–Crippen LogP) is 3.77. The minimum atomic E-state index is 0.741. The minimum Gasteiger partial charge on any atom is -0.439 e. The summed E-state index contributed by atoms with van der Waals surface area (Å²) >= 11 is 0. The third-order valence-corrected chi connectivity index (χ3v) is 5.19. The lowest BCUT2D eigenvalue weighted by atomic mass is 10.1. The molecule has 0 atom stereocenters. The van der Waals surface area contributed by atoms with Crippen LogP contribution in [0.2, 0.25) is 0 Å². The lowest BCUT2D eigenvalue weighted by molar-refractivity contribution is 0.0897. The lowest BCUT2D eigenvalue weighted by Gasteiger charge is -2.33. The van der Waals surface area contributed by atoms with Crippen LogP contribution in [-0.2, 0) is 11.3 Å². The molecule has 1 aliphatic heterocycles. The van der Waals surface area contributed by atoms with Crippen LogP contribution in [0.15, 0.2) is 65.1 Å². The van der Waals surface area contributed by atoms with Gasteiger partial charge in [0.15, 0.2) is 5.76 Å². The highest BCUT2D eigenvalue weighted by Gasteiger charge is 2.21. The Morgan fingerprint density at radius 3 is 2.11 bits per heavy atom. The van der Waals surface area contributed by atoms with Crippen LogP contribution in [0.5, 0.6) is 0 Å². The van der Waals surface area contributed by atoms with Gasteiger partial charge in [-0.1, -0.05) is 60.7 Å². The molecule has 1 saturated heterocycles. The first kappa shape index (κ1) is 18.9. The van der Waals surface area contributed by atoms with Crippen molar-refractivity contribution in [2.24, 2.45) is 0 Å². The number of piperazine rings is 1. The monoisotopic (exact) mass is 377 g/mol. The highest BCUT2D eigenvalue weighted by Crippen LogP contribution is 2.32. The van der Waals surface area contributed by atoms with Crippen LogP contribution in [0.3, 0.4) is 0 Å². The minimum absolute atomic E-state index is 0.741. The molecule has 1 fully saturated rings. The van der Waals surface area contributed by atoms with Gasteiger partial charge in [0.1, 0.15) is 5.69 Å². The van der Waals surface area contributed by atoms with Crippen LogP contribution in [0.25, 0.3) is 22.6 Å². The molecular weight excluding hydrogens is 350 g/mol. The van der Waals surface area contributed by atoms with Crippen molar-refractivity contribution < 1.29 is 9.15 Å². The van der Waals surface area contributed by atoms with Crippen molar-refractivity contribution in [2.75, 3.05) is 46.4 Å². The molecule has 0 spiro atoms. The summed E-state index contributed by atoms with van der Waals surface area (Å²) in [6.07, 6.45) is 0. The van der Waals surface area contributed by atoms with Gasteiger partial charge in [-0.25, -0.2) is 4.98 Å². The quantitative estimate of drug-likeness (QED) is 0.627. The second-order valence-electron chi connectivity index (χ2n) is 7.13. The van der Waals surface area contributed by atoms with Crippen LogP contribution in [0.1, 0.15) is 5.89 Å². The van der Waals surface area contributed by atoms with Gasteiger partial charge in [-0.05, 0) is 0 Å². The van der Waals surface area contributed by atoms with E-state index in [4.69, 9.17) is 14.1 Å². The molecule has 5 heteroatoms. The van der Waals surface area contributed by atoms with Gasteiger partial charge in [-0.2, -0.15) is 0 Å². The van der Waals surface area contributed by atoms with Gasteiger partial charge in [0.2, 0.25) is 5.89 Å². The highest BCUT2D eigenvalue weighted by molar-refractivity contribution is 5.76. The first-order chi connectivity index (χ1) is 13.8. The molecule has 0 radical (unpaired) electrons. The summed E-state index contributed by atoms with van der Waals surface area (Å²) in [7, 11) is 1.76. The second kappa shape index (κ2) is 9.15. The zero-order valence-corrected chi connectivity index (χ0v) is 16.4. The maximum atomic E-state index is 6.26. The normalized spacial score (nSPS) is 15.8. The number of hydrogen-bond donors (Lipinski definition) is 0. The van der Waals surface area contributed by atoms with E-state index in [1.807, 2.05) is 36.4 Å². The van der Waals surface area contributed by atoms with Crippen molar-refractivity contribution in [2.45, 2.75) is 6.54 Å². The number of aromatic nitrogens is 1. The van der Waals surface area contributed by atoms with Crippen LogP contribution in [0, 0.1) is 0 Å². The Bertz CT molecular complexity index is 799. The van der Waals surface area contributed by atoms with Crippen molar-refractivity contribution >= 4 is 0 Å². The zero-order chi connectivity index (χ0) is 19.2. The van der Waals surface area contributed by atoms with Gasteiger partial charge < -0.3 is 9.15 Å². The molecule has 1 aromatic heterocycles. The van der Waals surface area contributed by atoms with Crippen LogP contribution in [0.4, 0.5) is 0 Å². The van der Waals surface area contributed by atoms with Gasteiger partial charge in [-0.3, -0.25) is 9.80 Å². The van der Waals surface area contributed by atoms with Gasteiger partial charge in [-0.15, -0.1) is 0 Å². The van der Waals surface area contributed by atoms with Crippen molar-refractivity contribution in [3.63, 3.8) is 0 Å². The molecular formula is C23H27N3O2. The fraction of sp³-hybridized carbons (Fsp3) is 0.348. The molecule has 0 N–H and O–H groups in total. The smallest absolute Gasteiger partial charge is 0.209 e. The average molecular weight is 377 g/mol. The summed E-state index contributed by atoms with van der Waals surface area (Å²) in [5.41, 5.74) is 3.06. The van der Waals surface area contributed by atoms with Crippen molar-refractivity contribution in [3.05, 3.63) is 66.6 Å². The molecule has 4 rings (SSSR count). The molecule has 0 amide bonds. The topological polar surface area (TPSA) is 41.7 Å². The molecule has 2 heterocycles. The SMILES string of the molecule is COCCN1CCN(Cc2nc(-c3ccccc3)c(-c3ccccc3)o2)CC1. The summed E-state index contributed by atoms with van der Waals surface area (Å²) in [6.45, 7) is 6.69. The summed E-state index contributed by atoms with van der Waals surface area (Å²) in [5.74, 6) is 1.63. The average Bonchev–Trinajstić information content (AvgIpc) is 3.18. The van der Waals surface area contributed by atoms with Crippen LogP contribution < -0.4 is 0 Å². The number of rotatable bonds is 7. The number of hydrogen-bond acceptors (Lipinski definition) is 5. The molecule has 28 heavy (non-hydrogen) atoms. The van der Waals surface area contributed by atoms with Crippen molar-refractivity contribution in [1.82, 2.24) is 14.8 Å². The first-order valence-corrected chi connectivity index (χ1v) is 9.87. The Morgan fingerprint density at radius 1 is 0.857 bits per heavy atom. The Kier molecular flexibility index (Phi) is 6.17. The van der Waals surface area contributed by atoms with Crippen molar-refractivity contribution in [3.8, 4) is 22.6 Å². The fourth-order valence-corrected chi connectivity index (χ4v) is 3.59. The summed E-state index contributed by atoms with van der Waals surface area (Å²) in [5, 5.41) is 0. The van der Waals surface area contributed by atoms with E-state index >= 15 is 0 Å². The van der Waals surface area contributed by atoms with E-state index in [-0.39, 0.29) is 0 Å². The molecule has 0 aliphatic carbocycles. The highest BCUT2D eigenvalue weighted by atomic mass is 16.5. The van der Waals surface area contributed by atoms with Gasteiger partial charge in [0.05, 0.1) is 13.2 Å². The van der Waals surface area contributed by atoms with Gasteiger partial charge in [0.25, 0.3) is 0 Å². The van der Waals surface area contributed by atoms with E-state index < -0.39 is 0 Å². The zero-order valence-electron chi connectivity index (χ0n) is 16.4. The Hall–Kier alpha value is -2.47.